The van der Waals surface area contributed by atoms with Crippen LogP contribution in [0.2, 0.25) is 0 Å². The largest absolute Gasteiger partial charge is 0.253 e. The summed E-state index contributed by atoms with van der Waals surface area (Å²) in [5.41, 5.74) is 1.11. The van der Waals surface area contributed by atoms with Gasteiger partial charge in [-0.1, -0.05) is 26.0 Å². The molecule has 0 rings (SSSR count). The van der Waals surface area contributed by atoms with Crippen molar-refractivity contribution in [3.05, 3.63) is 23.9 Å². The predicted octanol–water partition coefficient (Wildman–Crippen LogP) is 2.70. The number of hydrogen-bond donors (Lipinski definition) is 0. The van der Waals surface area contributed by atoms with Crippen molar-refractivity contribution in [3.63, 3.8) is 0 Å². The maximum Gasteiger partial charge on any atom is 0.139 e. The monoisotopic (exact) mass is 150 g/mol. The average Bonchev–Trinajstić information content (AvgIpc) is 2.03. The van der Waals surface area contributed by atoms with Crippen molar-refractivity contribution >= 4 is 6.72 Å². The Kier molecular flexibility index (Phi) is 9.68. The van der Waals surface area contributed by atoms with Gasteiger partial charge in [-0.3, -0.25) is 4.99 Å². The molecule has 0 heterocycles. The van der Waals surface area contributed by atoms with Crippen molar-refractivity contribution in [1.82, 2.24) is 0 Å². The molecule has 0 aliphatic rings. The van der Waals surface area contributed by atoms with E-state index in [-0.39, 0.29) is 0 Å². The number of rotatable bonds is 2. The summed E-state index contributed by atoms with van der Waals surface area (Å²) in [7, 11) is 0. The summed E-state index contributed by atoms with van der Waals surface area (Å²) in [5.74, 6) is 0. The van der Waals surface area contributed by atoms with Crippen molar-refractivity contribution in [2.45, 2.75) is 20.8 Å². The van der Waals surface area contributed by atoms with Gasteiger partial charge in [-0.25, -0.2) is 0 Å². The lowest BCUT2D eigenvalue weighted by atomic mass is 10.3. The minimum Gasteiger partial charge on any atom is -0.253 e. The Morgan fingerprint density at radius 2 is 2.00 bits per heavy atom. The molecule has 0 saturated carbocycles. The molecule has 0 aliphatic heterocycles. The third-order valence-corrected chi connectivity index (χ3v) is 0.668. The summed E-state index contributed by atoms with van der Waals surface area (Å²) in [5, 5.41) is 8.28. The number of nitriles is 1. The standard InChI is InChI=1S/C7H8N2.C2H6/c1-6(2)4-7(5-8)9-3;1-2/h4H,1,3H2,2H3;1-2H3/b7-4-;. The van der Waals surface area contributed by atoms with E-state index in [1.807, 2.05) is 19.9 Å². The first kappa shape index (κ1) is 12.3. The van der Waals surface area contributed by atoms with Crippen LogP contribution in [-0.4, -0.2) is 6.72 Å². The predicted molar refractivity (Wildman–Crippen MR) is 49.4 cm³/mol. The van der Waals surface area contributed by atoms with Gasteiger partial charge in [0.25, 0.3) is 0 Å². The fourth-order valence-electron chi connectivity index (χ4n) is 0.347. The molecule has 0 spiro atoms. The lowest BCUT2D eigenvalue weighted by Gasteiger charge is -1.84. The van der Waals surface area contributed by atoms with E-state index >= 15 is 0 Å². The van der Waals surface area contributed by atoms with E-state index in [0.29, 0.717) is 5.70 Å². The average molecular weight is 150 g/mol. The van der Waals surface area contributed by atoms with Crippen LogP contribution in [0.25, 0.3) is 0 Å². The Morgan fingerprint density at radius 1 is 1.55 bits per heavy atom. The van der Waals surface area contributed by atoms with E-state index < -0.39 is 0 Å². The summed E-state index contributed by atoms with van der Waals surface area (Å²) in [4.78, 5) is 3.44. The van der Waals surface area contributed by atoms with Gasteiger partial charge in [-0.15, -0.1) is 0 Å². The molecule has 60 valence electrons. The summed E-state index contributed by atoms with van der Waals surface area (Å²) in [6.07, 6.45) is 1.58. The van der Waals surface area contributed by atoms with Crippen molar-refractivity contribution in [2.75, 3.05) is 0 Å². The molecular formula is C9H14N2. The molecule has 2 heteroatoms. The zero-order valence-electron chi connectivity index (χ0n) is 7.39. The topological polar surface area (TPSA) is 36.1 Å². The first-order valence-electron chi connectivity index (χ1n) is 3.44. The van der Waals surface area contributed by atoms with Gasteiger partial charge in [-0.2, -0.15) is 5.26 Å². The number of nitrogens with zero attached hydrogens (tertiary/aromatic N) is 2. The van der Waals surface area contributed by atoms with Crippen LogP contribution in [0.5, 0.6) is 0 Å². The molecule has 0 atom stereocenters. The van der Waals surface area contributed by atoms with Crippen LogP contribution in [0.1, 0.15) is 20.8 Å². The summed E-state index contributed by atoms with van der Waals surface area (Å²) in [6, 6.07) is 1.85. The third-order valence-electron chi connectivity index (χ3n) is 0.668. The van der Waals surface area contributed by atoms with Gasteiger partial charge >= 0.3 is 0 Å². The highest BCUT2D eigenvalue weighted by molar-refractivity contribution is 5.37. The smallest absolute Gasteiger partial charge is 0.139 e. The summed E-state index contributed by atoms with van der Waals surface area (Å²) in [6.45, 7) is 12.6. The molecule has 0 unspecified atom stereocenters. The maximum absolute atomic E-state index is 8.28. The molecule has 0 aromatic carbocycles. The number of allylic oxidation sites excluding steroid dienone is 3. The molecule has 0 bridgehead atoms. The molecule has 0 aliphatic carbocycles. The highest BCUT2D eigenvalue weighted by Gasteiger charge is 1.85. The van der Waals surface area contributed by atoms with E-state index in [2.05, 4.69) is 18.3 Å². The van der Waals surface area contributed by atoms with Gasteiger partial charge in [0.15, 0.2) is 0 Å². The van der Waals surface area contributed by atoms with E-state index in [4.69, 9.17) is 5.26 Å². The molecule has 0 N–H and O–H groups in total. The Bertz CT molecular complexity index is 194. The van der Waals surface area contributed by atoms with Crippen LogP contribution in [0, 0.1) is 11.3 Å². The van der Waals surface area contributed by atoms with Crippen molar-refractivity contribution in [2.24, 2.45) is 4.99 Å². The van der Waals surface area contributed by atoms with Gasteiger partial charge in [0, 0.05) is 0 Å². The Balaban J connectivity index is 0. The molecule has 0 radical (unpaired) electrons. The maximum atomic E-state index is 8.28. The van der Waals surface area contributed by atoms with E-state index in [0.717, 1.165) is 5.57 Å². The Morgan fingerprint density at radius 3 is 2.09 bits per heavy atom. The van der Waals surface area contributed by atoms with Gasteiger partial charge < -0.3 is 0 Å². The van der Waals surface area contributed by atoms with Crippen molar-refractivity contribution < 1.29 is 0 Å². The molecule has 0 aromatic rings. The highest BCUT2D eigenvalue weighted by Crippen LogP contribution is 1.97. The first-order valence-corrected chi connectivity index (χ1v) is 3.44. The van der Waals surface area contributed by atoms with Crippen LogP contribution >= 0.6 is 0 Å². The van der Waals surface area contributed by atoms with E-state index in [9.17, 15) is 0 Å². The lowest BCUT2D eigenvalue weighted by Crippen LogP contribution is -1.70. The molecule has 2 nitrogen and oxygen atoms in total. The lowest BCUT2D eigenvalue weighted by molar-refractivity contribution is 1.37. The van der Waals surface area contributed by atoms with Gasteiger partial charge in [0.1, 0.15) is 11.8 Å². The highest BCUT2D eigenvalue weighted by atomic mass is 14.7. The summed E-state index contributed by atoms with van der Waals surface area (Å²) < 4.78 is 0. The zero-order chi connectivity index (χ0) is 9.28. The van der Waals surface area contributed by atoms with Gasteiger partial charge in [0.05, 0.1) is 0 Å². The third kappa shape index (κ3) is 8.64. The van der Waals surface area contributed by atoms with E-state index in [1.165, 1.54) is 0 Å². The second-order valence-corrected chi connectivity index (χ2v) is 1.65. The van der Waals surface area contributed by atoms with Crippen LogP contribution < -0.4 is 0 Å². The molecular weight excluding hydrogens is 136 g/mol. The summed E-state index contributed by atoms with van der Waals surface area (Å²) >= 11 is 0. The zero-order valence-corrected chi connectivity index (χ0v) is 7.39. The fourth-order valence-corrected chi connectivity index (χ4v) is 0.347. The Labute approximate surface area is 68.6 Å². The minimum atomic E-state index is 0.308. The minimum absolute atomic E-state index is 0.308. The number of hydrogen-bond acceptors (Lipinski definition) is 2. The second-order valence-electron chi connectivity index (χ2n) is 1.65. The fraction of sp³-hybridized carbons (Fsp3) is 0.333. The second kappa shape index (κ2) is 8.64. The first-order chi connectivity index (χ1) is 5.20. The molecule has 0 amide bonds. The van der Waals surface area contributed by atoms with Gasteiger partial charge in [0.2, 0.25) is 0 Å². The normalized spacial score (nSPS) is 8.73. The van der Waals surface area contributed by atoms with E-state index in [1.54, 1.807) is 13.0 Å². The quantitative estimate of drug-likeness (QED) is 0.338. The van der Waals surface area contributed by atoms with Crippen LogP contribution in [0.4, 0.5) is 0 Å². The molecule has 0 aromatic heterocycles. The van der Waals surface area contributed by atoms with Crippen molar-refractivity contribution in [1.29, 1.82) is 5.26 Å². The Hall–Kier alpha value is -1.36. The van der Waals surface area contributed by atoms with Crippen molar-refractivity contribution in [3.8, 4) is 6.07 Å². The van der Waals surface area contributed by atoms with Crippen LogP contribution in [0.15, 0.2) is 28.9 Å². The molecule has 0 saturated heterocycles. The number of aliphatic imine (C=N–C) groups is 1. The van der Waals surface area contributed by atoms with Crippen LogP contribution in [-0.2, 0) is 0 Å². The SMILES string of the molecule is C=N/C(C#N)=C\C(=C)C.CC. The molecule has 11 heavy (non-hydrogen) atoms. The van der Waals surface area contributed by atoms with Crippen LogP contribution in [0.3, 0.4) is 0 Å². The van der Waals surface area contributed by atoms with Gasteiger partial charge in [-0.05, 0) is 19.7 Å². The molecule has 0 fully saturated rings.